The molecule has 0 bridgehead atoms. The summed E-state index contributed by atoms with van der Waals surface area (Å²) in [5.41, 5.74) is 0.0960. The third-order valence-electron chi connectivity index (χ3n) is 1.18. The highest BCUT2D eigenvalue weighted by Gasteiger charge is 2.11. The van der Waals surface area contributed by atoms with Crippen LogP contribution in [0.5, 0.6) is 0 Å². The number of ether oxygens (including phenoxy) is 2. The molecule has 4 nitrogen and oxygen atoms in total. The van der Waals surface area contributed by atoms with Gasteiger partial charge in [0.05, 0.1) is 13.2 Å². The Balaban J connectivity index is 4.22. The standard InChI is InChI=1S/C8H14O4/c1-4-11-7(9)6(3)8(10)12-5-2/h9H,4-5H2,1-3H3. The second kappa shape index (κ2) is 5.46. The van der Waals surface area contributed by atoms with Gasteiger partial charge < -0.3 is 14.6 Å². The molecule has 0 fully saturated rings. The normalized spacial score (nSPS) is 11.9. The predicted molar refractivity (Wildman–Crippen MR) is 43.6 cm³/mol. The van der Waals surface area contributed by atoms with Crippen LogP contribution in [0, 0.1) is 0 Å². The molecule has 0 saturated carbocycles. The Morgan fingerprint density at radius 3 is 2.17 bits per heavy atom. The third-order valence-corrected chi connectivity index (χ3v) is 1.18. The van der Waals surface area contributed by atoms with Crippen molar-refractivity contribution in [2.24, 2.45) is 0 Å². The van der Waals surface area contributed by atoms with Crippen molar-refractivity contribution in [3.63, 3.8) is 0 Å². The zero-order valence-corrected chi connectivity index (χ0v) is 7.59. The van der Waals surface area contributed by atoms with Crippen LogP contribution >= 0.6 is 0 Å². The Morgan fingerprint density at radius 1 is 1.25 bits per heavy atom. The van der Waals surface area contributed by atoms with E-state index in [9.17, 15) is 4.79 Å². The third kappa shape index (κ3) is 3.27. The lowest BCUT2D eigenvalue weighted by Gasteiger charge is -2.05. The molecular weight excluding hydrogens is 160 g/mol. The molecule has 70 valence electrons. The Morgan fingerprint density at radius 2 is 1.75 bits per heavy atom. The van der Waals surface area contributed by atoms with Crippen LogP contribution in [0.25, 0.3) is 0 Å². The molecule has 0 amide bonds. The first-order valence-electron chi connectivity index (χ1n) is 3.83. The van der Waals surface area contributed by atoms with Crippen LogP contribution in [0.1, 0.15) is 20.8 Å². The van der Waals surface area contributed by atoms with Crippen molar-refractivity contribution in [1.29, 1.82) is 0 Å². The average molecular weight is 174 g/mol. The molecule has 0 radical (unpaired) electrons. The first-order chi connectivity index (χ1) is 5.63. The molecule has 0 rings (SSSR count). The topological polar surface area (TPSA) is 55.8 Å². The van der Waals surface area contributed by atoms with Gasteiger partial charge in [-0.2, -0.15) is 0 Å². The maximum absolute atomic E-state index is 10.9. The van der Waals surface area contributed by atoms with Crippen molar-refractivity contribution in [2.45, 2.75) is 20.8 Å². The van der Waals surface area contributed by atoms with E-state index in [2.05, 4.69) is 4.74 Å². The van der Waals surface area contributed by atoms with E-state index in [1.165, 1.54) is 6.92 Å². The fourth-order valence-electron chi connectivity index (χ4n) is 0.572. The average Bonchev–Trinajstić information content (AvgIpc) is 2.04. The zero-order valence-electron chi connectivity index (χ0n) is 7.59. The number of esters is 1. The van der Waals surface area contributed by atoms with Crippen molar-refractivity contribution < 1.29 is 19.4 Å². The number of aliphatic hydroxyl groups is 1. The first-order valence-corrected chi connectivity index (χ1v) is 3.83. The van der Waals surface area contributed by atoms with Gasteiger partial charge in [0.2, 0.25) is 0 Å². The van der Waals surface area contributed by atoms with Crippen LogP contribution in [0.4, 0.5) is 0 Å². The Labute approximate surface area is 71.8 Å². The fraction of sp³-hybridized carbons (Fsp3) is 0.625. The number of aliphatic hydroxyl groups excluding tert-OH is 1. The molecule has 0 aliphatic heterocycles. The van der Waals surface area contributed by atoms with Gasteiger partial charge in [0.25, 0.3) is 5.95 Å². The van der Waals surface area contributed by atoms with E-state index in [0.717, 1.165) is 0 Å². The summed E-state index contributed by atoms with van der Waals surface area (Å²) in [7, 11) is 0. The predicted octanol–water partition coefficient (Wildman–Crippen LogP) is 1.38. The van der Waals surface area contributed by atoms with Gasteiger partial charge in [0.15, 0.2) is 0 Å². The summed E-state index contributed by atoms with van der Waals surface area (Å²) in [6.45, 7) is 5.47. The van der Waals surface area contributed by atoms with E-state index in [4.69, 9.17) is 9.84 Å². The lowest BCUT2D eigenvalue weighted by Crippen LogP contribution is -2.09. The molecule has 4 heteroatoms. The van der Waals surface area contributed by atoms with Crippen LogP contribution < -0.4 is 0 Å². The van der Waals surface area contributed by atoms with E-state index in [1.807, 2.05) is 0 Å². The molecule has 0 saturated heterocycles. The summed E-state index contributed by atoms with van der Waals surface area (Å²) in [6.07, 6.45) is 0. The molecule has 12 heavy (non-hydrogen) atoms. The van der Waals surface area contributed by atoms with Crippen molar-refractivity contribution in [3.8, 4) is 0 Å². The maximum atomic E-state index is 10.9. The Kier molecular flexibility index (Phi) is 4.92. The van der Waals surface area contributed by atoms with Crippen LogP contribution in [-0.4, -0.2) is 24.3 Å². The van der Waals surface area contributed by atoms with Gasteiger partial charge in [-0.1, -0.05) is 0 Å². The summed E-state index contributed by atoms with van der Waals surface area (Å²) in [5, 5.41) is 9.07. The molecule has 0 atom stereocenters. The van der Waals surface area contributed by atoms with Gasteiger partial charge in [-0.05, 0) is 20.8 Å². The number of rotatable bonds is 4. The molecule has 0 aliphatic rings. The van der Waals surface area contributed by atoms with Gasteiger partial charge in [-0.25, -0.2) is 4.79 Å². The van der Waals surface area contributed by atoms with Crippen LogP contribution in [0.2, 0.25) is 0 Å². The molecule has 1 N–H and O–H groups in total. The molecular formula is C8H14O4. The summed E-state index contributed by atoms with van der Waals surface area (Å²) in [5.74, 6) is -0.917. The van der Waals surface area contributed by atoms with Crippen molar-refractivity contribution in [2.75, 3.05) is 13.2 Å². The van der Waals surface area contributed by atoms with E-state index < -0.39 is 5.97 Å². The molecule has 0 aromatic heterocycles. The summed E-state index contributed by atoms with van der Waals surface area (Å²) >= 11 is 0. The first kappa shape index (κ1) is 10.8. The largest absolute Gasteiger partial charge is 0.481 e. The lowest BCUT2D eigenvalue weighted by molar-refractivity contribution is -0.139. The van der Waals surface area contributed by atoms with Gasteiger partial charge in [-0.3, -0.25) is 0 Å². The van der Waals surface area contributed by atoms with Crippen molar-refractivity contribution in [1.82, 2.24) is 0 Å². The van der Waals surface area contributed by atoms with Crippen molar-refractivity contribution >= 4 is 5.97 Å². The monoisotopic (exact) mass is 174 g/mol. The molecule has 0 aromatic rings. The Hall–Kier alpha value is -1.19. The van der Waals surface area contributed by atoms with Gasteiger partial charge in [-0.15, -0.1) is 0 Å². The minimum atomic E-state index is -0.552. The second-order valence-corrected chi connectivity index (χ2v) is 2.08. The number of hydrogen-bond acceptors (Lipinski definition) is 4. The van der Waals surface area contributed by atoms with E-state index in [0.29, 0.717) is 6.61 Å². The number of carbonyl (C=O) groups excluding carboxylic acids is 1. The van der Waals surface area contributed by atoms with Crippen molar-refractivity contribution in [3.05, 3.63) is 11.5 Å². The van der Waals surface area contributed by atoms with E-state index >= 15 is 0 Å². The lowest BCUT2D eigenvalue weighted by atomic mass is 10.3. The molecule has 0 aromatic carbocycles. The van der Waals surface area contributed by atoms with E-state index in [1.54, 1.807) is 13.8 Å². The molecule has 0 spiro atoms. The van der Waals surface area contributed by atoms with Gasteiger partial charge in [0, 0.05) is 0 Å². The van der Waals surface area contributed by atoms with Crippen LogP contribution in [-0.2, 0) is 14.3 Å². The smallest absolute Gasteiger partial charge is 0.340 e. The number of hydrogen-bond donors (Lipinski definition) is 1. The van der Waals surface area contributed by atoms with E-state index in [-0.39, 0.29) is 18.1 Å². The minimum absolute atomic E-state index is 0.0960. The fourth-order valence-corrected chi connectivity index (χ4v) is 0.572. The van der Waals surface area contributed by atoms with Gasteiger partial charge in [0.1, 0.15) is 5.57 Å². The highest BCUT2D eigenvalue weighted by atomic mass is 16.6. The quantitative estimate of drug-likeness (QED) is 0.397. The molecule has 0 heterocycles. The molecule has 0 unspecified atom stereocenters. The highest BCUT2D eigenvalue weighted by Crippen LogP contribution is 2.04. The SMILES string of the molecule is CCOC(=O)C(C)=C(O)OCC. The van der Waals surface area contributed by atoms with Crippen LogP contribution in [0.3, 0.4) is 0 Å². The number of carbonyl (C=O) groups is 1. The molecule has 0 aliphatic carbocycles. The summed E-state index contributed by atoms with van der Waals surface area (Å²) in [4.78, 5) is 10.9. The summed E-state index contributed by atoms with van der Waals surface area (Å²) < 4.78 is 9.34. The Bertz CT molecular complexity index is 183. The second-order valence-electron chi connectivity index (χ2n) is 2.08. The summed E-state index contributed by atoms with van der Waals surface area (Å²) in [6, 6.07) is 0. The zero-order chi connectivity index (χ0) is 9.56. The minimum Gasteiger partial charge on any atom is -0.481 e. The van der Waals surface area contributed by atoms with Crippen LogP contribution in [0.15, 0.2) is 11.5 Å². The maximum Gasteiger partial charge on any atom is 0.340 e. The highest BCUT2D eigenvalue weighted by molar-refractivity contribution is 5.87. The van der Waals surface area contributed by atoms with Gasteiger partial charge >= 0.3 is 5.97 Å².